The number of aliphatic imine (C=N–C) groups is 1. The Morgan fingerprint density at radius 2 is 1.72 bits per heavy atom. The lowest BCUT2D eigenvalue weighted by Crippen LogP contribution is -2.22. The quantitative estimate of drug-likeness (QED) is 0.500. The first-order valence-corrected chi connectivity index (χ1v) is 10.8. The molecule has 0 saturated carbocycles. The summed E-state index contributed by atoms with van der Waals surface area (Å²) in [5.41, 5.74) is 1.53. The van der Waals surface area contributed by atoms with Crippen LogP contribution in [0.25, 0.3) is 10.8 Å². The minimum absolute atomic E-state index is 0.218. The first-order chi connectivity index (χ1) is 14.0. The second-order valence-electron chi connectivity index (χ2n) is 6.73. The highest BCUT2D eigenvalue weighted by Gasteiger charge is 2.29. The molecule has 1 aliphatic rings. The summed E-state index contributed by atoms with van der Waals surface area (Å²) in [6.07, 6.45) is 0.692. The number of sulfonamides is 1. The van der Waals surface area contributed by atoms with E-state index in [1.54, 1.807) is 24.3 Å². The van der Waals surface area contributed by atoms with Gasteiger partial charge in [-0.2, -0.15) is 0 Å². The van der Waals surface area contributed by atoms with E-state index in [1.807, 2.05) is 42.5 Å². The van der Waals surface area contributed by atoms with Crippen LogP contribution in [0.4, 0.5) is 0 Å². The summed E-state index contributed by atoms with van der Waals surface area (Å²) in [6, 6.07) is 20.6. The molecular formula is C22H20N2O4S. The van der Waals surface area contributed by atoms with E-state index in [-0.39, 0.29) is 23.9 Å². The first-order valence-electron chi connectivity index (χ1n) is 9.33. The van der Waals surface area contributed by atoms with E-state index in [0.29, 0.717) is 24.4 Å². The molecule has 148 valence electrons. The van der Waals surface area contributed by atoms with Crippen LogP contribution in [0.15, 0.2) is 76.6 Å². The first kappa shape index (κ1) is 19.1. The Kier molecular flexibility index (Phi) is 5.31. The minimum Gasteiger partial charge on any atom is -0.461 e. The fourth-order valence-electron chi connectivity index (χ4n) is 3.31. The van der Waals surface area contributed by atoms with Crippen molar-refractivity contribution in [3.05, 3.63) is 77.9 Å². The Balaban J connectivity index is 1.30. The van der Waals surface area contributed by atoms with Crippen molar-refractivity contribution >= 4 is 32.6 Å². The van der Waals surface area contributed by atoms with Gasteiger partial charge in [0.25, 0.3) is 10.0 Å². The predicted molar refractivity (Wildman–Crippen MR) is 111 cm³/mol. The molecule has 6 nitrogen and oxygen atoms in total. The second-order valence-corrected chi connectivity index (χ2v) is 8.39. The molecule has 0 aliphatic carbocycles. The molecule has 0 spiro atoms. The average Bonchev–Trinajstić information content (AvgIpc) is 3.00. The van der Waals surface area contributed by atoms with Crippen LogP contribution < -0.4 is 4.72 Å². The number of carbonyl (C=O) groups is 1. The van der Waals surface area contributed by atoms with E-state index in [1.165, 1.54) is 0 Å². The maximum atomic E-state index is 12.1. The molecule has 0 saturated heterocycles. The van der Waals surface area contributed by atoms with Gasteiger partial charge in [0.1, 0.15) is 12.4 Å². The van der Waals surface area contributed by atoms with Gasteiger partial charge in [0.2, 0.25) is 0 Å². The monoisotopic (exact) mass is 408 g/mol. The number of amidine groups is 1. The fourth-order valence-corrected chi connectivity index (χ4v) is 4.57. The zero-order valence-corrected chi connectivity index (χ0v) is 16.5. The largest absolute Gasteiger partial charge is 0.461 e. The molecule has 1 aliphatic heterocycles. The van der Waals surface area contributed by atoms with Gasteiger partial charge in [0.05, 0.1) is 4.90 Å². The van der Waals surface area contributed by atoms with Gasteiger partial charge >= 0.3 is 5.97 Å². The fraction of sp³-hybridized carbons (Fsp3) is 0.182. The summed E-state index contributed by atoms with van der Waals surface area (Å²) in [7, 11) is -3.54. The van der Waals surface area contributed by atoms with Crippen LogP contribution >= 0.6 is 0 Å². The molecule has 0 radical (unpaired) electrons. The third-order valence-electron chi connectivity index (χ3n) is 4.74. The summed E-state index contributed by atoms with van der Waals surface area (Å²) in [6.45, 7) is 0.553. The topological polar surface area (TPSA) is 84.8 Å². The van der Waals surface area contributed by atoms with E-state index in [9.17, 15) is 13.2 Å². The Morgan fingerprint density at radius 3 is 2.62 bits per heavy atom. The van der Waals surface area contributed by atoms with Crippen LogP contribution in [-0.4, -0.2) is 26.8 Å². The number of fused-ring (bicyclic) bond motifs is 2. The lowest BCUT2D eigenvalue weighted by molar-refractivity contribution is -0.144. The summed E-state index contributed by atoms with van der Waals surface area (Å²) in [5, 5.41) is 2.18. The van der Waals surface area contributed by atoms with Gasteiger partial charge in [0.15, 0.2) is 0 Å². The summed E-state index contributed by atoms with van der Waals surface area (Å²) in [4.78, 5) is 16.6. The number of hydrogen-bond acceptors (Lipinski definition) is 5. The molecule has 1 N–H and O–H groups in total. The molecular weight excluding hydrogens is 388 g/mol. The highest BCUT2D eigenvalue weighted by atomic mass is 32.2. The highest BCUT2D eigenvalue weighted by molar-refractivity contribution is 7.90. The maximum Gasteiger partial charge on any atom is 0.306 e. The van der Waals surface area contributed by atoms with Crippen molar-refractivity contribution in [1.82, 2.24) is 4.72 Å². The average molecular weight is 408 g/mol. The van der Waals surface area contributed by atoms with Crippen molar-refractivity contribution in [1.29, 1.82) is 0 Å². The van der Waals surface area contributed by atoms with Crippen molar-refractivity contribution in [2.24, 2.45) is 4.99 Å². The Hall–Kier alpha value is -3.19. The molecule has 3 aromatic rings. The van der Waals surface area contributed by atoms with Crippen molar-refractivity contribution < 1.29 is 17.9 Å². The van der Waals surface area contributed by atoms with Crippen LogP contribution in [0.2, 0.25) is 0 Å². The number of benzene rings is 3. The molecule has 0 aromatic heterocycles. The SMILES string of the molecule is O=C(CCCN=C1NS(=O)(=O)c2ccccc21)OCc1cccc2ccccc12. The van der Waals surface area contributed by atoms with Gasteiger partial charge in [-0.25, -0.2) is 8.42 Å². The van der Waals surface area contributed by atoms with Gasteiger partial charge in [0, 0.05) is 18.5 Å². The third kappa shape index (κ3) is 4.14. The standard InChI is InChI=1S/C22H20N2O4S/c25-21(28-15-17-9-5-8-16-7-1-2-10-18(16)17)13-6-14-23-22-19-11-3-4-12-20(19)29(26,27)24-22/h1-5,7-12H,6,13-15H2,(H,23,24). The summed E-state index contributed by atoms with van der Waals surface area (Å²) in [5.74, 6) is 0.0234. The summed E-state index contributed by atoms with van der Waals surface area (Å²) >= 11 is 0. The van der Waals surface area contributed by atoms with Gasteiger partial charge in [-0.1, -0.05) is 54.6 Å². The van der Waals surface area contributed by atoms with E-state index >= 15 is 0 Å². The molecule has 0 unspecified atom stereocenters. The zero-order valence-electron chi connectivity index (χ0n) is 15.7. The number of carbonyl (C=O) groups excluding carboxylic acids is 1. The van der Waals surface area contributed by atoms with Crippen molar-refractivity contribution in [3.63, 3.8) is 0 Å². The molecule has 7 heteroatoms. The van der Waals surface area contributed by atoms with Gasteiger partial charge < -0.3 is 4.74 Å². The van der Waals surface area contributed by atoms with Gasteiger partial charge in [-0.05, 0) is 34.9 Å². The minimum atomic E-state index is -3.54. The van der Waals surface area contributed by atoms with E-state index < -0.39 is 10.0 Å². The van der Waals surface area contributed by atoms with Crippen LogP contribution in [0.1, 0.15) is 24.0 Å². The zero-order chi connectivity index (χ0) is 20.3. The number of hydrogen-bond donors (Lipinski definition) is 1. The molecule has 1 heterocycles. The van der Waals surface area contributed by atoms with E-state index in [4.69, 9.17) is 4.74 Å². The Labute approximate surface area is 169 Å². The van der Waals surface area contributed by atoms with Crippen LogP contribution in [0.5, 0.6) is 0 Å². The molecule has 0 amide bonds. The third-order valence-corrected chi connectivity index (χ3v) is 6.14. The Bertz CT molecular complexity index is 1200. The highest BCUT2D eigenvalue weighted by Crippen LogP contribution is 2.22. The van der Waals surface area contributed by atoms with E-state index in [0.717, 1.165) is 16.3 Å². The molecule has 0 bridgehead atoms. The molecule has 0 atom stereocenters. The number of ether oxygens (including phenoxy) is 1. The molecule has 0 fully saturated rings. The van der Waals surface area contributed by atoms with E-state index in [2.05, 4.69) is 9.71 Å². The number of nitrogens with one attached hydrogen (secondary N) is 1. The summed E-state index contributed by atoms with van der Waals surface area (Å²) < 4.78 is 32.0. The van der Waals surface area contributed by atoms with Crippen LogP contribution in [-0.2, 0) is 26.2 Å². The Morgan fingerprint density at radius 1 is 0.966 bits per heavy atom. The predicted octanol–water partition coefficient (Wildman–Crippen LogP) is 3.40. The van der Waals surface area contributed by atoms with Crippen LogP contribution in [0, 0.1) is 0 Å². The van der Waals surface area contributed by atoms with Gasteiger partial charge in [-0.15, -0.1) is 0 Å². The number of rotatable bonds is 6. The van der Waals surface area contributed by atoms with Gasteiger partial charge in [-0.3, -0.25) is 14.5 Å². The number of nitrogens with zero attached hydrogens (tertiary/aromatic N) is 1. The lowest BCUT2D eigenvalue weighted by Gasteiger charge is -2.08. The lowest BCUT2D eigenvalue weighted by atomic mass is 10.1. The molecule has 29 heavy (non-hydrogen) atoms. The van der Waals surface area contributed by atoms with Crippen molar-refractivity contribution in [2.45, 2.75) is 24.3 Å². The second kappa shape index (κ2) is 8.05. The maximum absolute atomic E-state index is 12.1. The van der Waals surface area contributed by atoms with Crippen molar-refractivity contribution in [2.75, 3.05) is 6.54 Å². The molecule has 4 rings (SSSR count). The van der Waals surface area contributed by atoms with Crippen LogP contribution in [0.3, 0.4) is 0 Å². The smallest absolute Gasteiger partial charge is 0.306 e. The molecule has 3 aromatic carbocycles. The normalized spacial score (nSPS) is 15.8. The number of esters is 1. The van der Waals surface area contributed by atoms with Crippen molar-refractivity contribution in [3.8, 4) is 0 Å².